The molecule has 0 aliphatic carbocycles. The molecule has 2 aromatic heterocycles. The van der Waals surface area contributed by atoms with Crippen molar-refractivity contribution in [1.29, 1.82) is 0 Å². The maximum atomic E-state index is 12.4. The minimum Gasteiger partial charge on any atom is -0.301 e. The van der Waals surface area contributed by atoms with Gasteiger partial charge < -0.3 is 5.32 Å². The van der Waals surface area contributed by atoms with Crippen LogP contribution >= 0.6 is 22.9 Å². The lowest BCUT2D eigenvalue weighted by Gasteiger charge is -2.16. The summed E-state index contributed by atoms with van der Waals surface area (Å²) in [4.78, 5) is 18.8. The van der Waals surface area contributed by atoms with Crippen LogP contribution in [0.3, 0.4) is 0 Å². The Balaban J connectivity index is 1.58. The van der Waals surface area contributed by atoms with Crippen LogP contribution in [-0.4, -0.2) is 39.2 Å². The summed E-state index contributed by atoms with van der Waals surface area (Å²) in [6.45, 7) is 4.98. The molecular formula is C19H22ClN5OS. The van der Waals surface area contributed by atoms with E-state index in [1.54, 1.807) is 0 Å². The van der Waals surface area contributed by atoms with E-state index in [2.05, 4.69) is 15.4 Å². The minimum absolute atomic E-state index is 0.0892. The highest BCUT2D eigenvalue weighted by Crippen LogP contribution is 2.26. The number of anilines is 1. The average molecular weight is 404 g/mol. The first-order chi connectivity index (χ1) is 12.8. The highest BCUT2D eigenvalue weighted by Gasteiger charge is 2.15. The van der Waals surface area contributed by atoms with Crippen molar-refractivity contribution >= 4 is 34.0 Å². The first-order valence-corrected chi connectivity index (χ1v) is 9.78. The van der Waals surface area contributed by atoms with E-state index in [0.717, 1.165) is 28.2 Å². The standard InChI is InChI=1S/C19H22ClN5OS/c1-12-16(13(2)25(4)23-12)9-24(3)10-18(26)22-19-21-17(11-27-19)14-5-7-15(20)8-6-14/h5-8,11H,9-10H2,1-4H3,(H,21,22,26). The molecule has 142 valence electrons. The van der Waals surface area contributed by atoms with Gasteiger partial charge in [-0.2, -0.15) is 5.10 Å². The molecule has 0 saturated carbocycles. The van der Waals surface area contributed by atoms with Gasteiger partial charge in [-0.15, -0.1) is 11.3 Å². The Morgan fingerprint density at radius 1 is 1.30 bits per heavy atom. The SMILES string of the molecule is Cc1nn(C)c(C)c1CN(C)CC(=O)Nc1nc(-c2ccc(Cl)cc2)cs1. The van der Waals surface area contributed by atoms with Crippen molar-refractivity contribution in [3.8, 4) is 11.3 Å². The van der Waals surface area contributed by atoms with Gasteiger partial charge in [0, 0.05) is 40.8 Å². The second-order valence-electron chi connectivity index (χ2n) is 6.54. The lowest BCUT2D eigenvalue weighted by Crippen LogP contribution is -2.30. The van der Waals surface area contributed by atoms with Crippen LogP contribution in [0.5, 0.6) is 0 Å². The monoisotopic (exact) mass is 403 g/mol. The van der Waals surface area contributed by atoms with Gasteiger partial charge in [-0.05, 0) is 33.0 Å². The summed E-state index contributed by atoms with van der Waals surface area (Å²) in [6, 6.07) is 7.47. The highest BCUT2D eigenvalue weighted by molar-refractivity contribution is 7.14. The molecular weight excluding hydrogens is 382 g/mol. The quantitative estimate of drug-likeness (QED) is 0.678. The molecule has 27 heavy (non-hydrogen) atoms. The summed E-state index contributed by atoms with van der Waals surface area (Å²) in [5.41, 5.74) is 5.06. The number of aryl methyl sites for hydroxylation is 2. The molecule has 0 aliphatic rings. The van der Waals surface area contributed by atoms with E-state index in [1.165, 1.54) is 11.3 Å². The molecule has 2 heterocycles. The Morgan fingerprint density at radius 3 is 2.63 bits per heavy atom. The number of nitrogens with zero attached hydrogens (tertiary/aromatic N) is 4. The second kappa shape index (κ2) is 8.21. The normalized spacial score (nSPS) is 11.2. The van der Waals surface area contributed by atoms with Crippen LogP contribution in [0.1, 0.15) is 17.0 Å². The van der Waals surface area contributed by atoms with Crippen molar-refractivity contribution in [1.82, 2.24) is 19.7 Å². The van der Waals surface area contributed by atoms with Crippen molar-refractivity contribution < 1.29 is 4.79 Å². The lowest BCUT2D eigenvalue weighted by molar-refractivity contribution is -0.117. The van der Waals surface area contributed by atoms with E-state index in [-0.39, 0.29) is 12.5 Å². The van der Waals surface area contributed by atoms with Crippen LogP contribution in [0.2, 0.25) is 5.02 Å². The highest BCUT2D eigenvalue weighted by atomic mass is 35.5. The molecule has 1 amide bonds. The van der Waals surface area contributed by atoms with E-state index in [9.17, 15) is 4.79 Å². The molecule has 6 nitrogen and oxygen atoms in total. The molecule has 0 saturated heterocycles. The number of halogens is 1. The number of thiazole rings is 1. The number of amides is 1. The molecule has 1 aromatic carbocycles. The predicted octanol–water partition coefficient (Wildman–Crippen LogP) is 3.88. The van der Waals surface area contributed by atoms with Crippen LogP contribution < -0.4 is 5.32 Å². The summed E-state index contributed by atoms with van der Waals surface area (Å²) >= 11 is 7.32. The van der Waals surface area contributed by atoms with Gasteiger partial charge in [-0.25, -0.2) is 4.98 Å². The smallest absolute Gasteiger partial charge is 0.240 e. The molecule has 1 N–H and O–H groups in total. The van der Waals surface area contributed by atoms with Crippen molar-refractivity contribution in [3.63, 3.8) is 0 Å². The van der Waals surface area contributed by atoms with Crippen molar-refractivity contribution in [2.24, 2.45) is 7.05 Å². The fraction of sp³-hybridized carbons (Fsp3) is 0.316. The van der Waals surface area contributed by atoms with E-state index in [1.807, 2.05) is 67.2 Å². The Morgan fingerprint density at radius 2 is 2.00 bits per heavy atom. The van der Waals surface area contributed by atoms with E-state index < -0.39 is 0 Å². The van der Waals surface area contributed by atoms with Gasteiger partial charge in [-0.1, -0.05) is 23.7 Å². The zero-order valence-corrected chi connectivity index (χ0v) is 17.4. The van der Waals surface area contributed by atoms with Gasteiger partial charge in [0.25, 0.3) is 0 Å². The Labute approximate surface area is 167 Å². The van der Waals surface area contributed by atoms with Gasteiger partial charge in [-0.3, -0.25) is 14.4 Å². The fourth-order valence-corrected chi connectivity index (χ4v) is 3.72. The molecule has 0 radical (unpaired) electrons. The molecule has 0 bridgehead atoms. The summed E-state index contributed by atoms with van der Waals surface area (Å²) in [5, 5.41) is 10.5. The number of hydrogen-bond acceptors (Lipinski definition) is 5. The van der Waals surface area contributed by atoms with E-state index >= 15 is 0 Å². The molecule has 0 aliphatic heterocycles. The number of carbonyl (C=O) groups is 1. The van der Waals surface area contributed by atoms with Crippen molar-refractivity contribution in [2.75, 3.05) is 18.9 Å². The summed E-state index contributed by atoms with van der Waals surface area (Å²) in [5.74, 6) is -0.0892. The van der Waals surface area contributed by atoms with Crippen LogP contribution in [0.15, 0.2) is 29.6 Å². The maximum absolute atomic E-state index is 12.4. The molecule has 3 rings (SSSR count). The van der Waals surface area contributed by atoms with Crippen molar-refractivity contribution in [3.05, 3.63) is 51.6 Å². The van der Waals surface area contributed by atoms with Crippen LogP contribution in [0.4, 0.5) is 5.13 Å². The predicted molar refractivity (Wildman–Crippen MR) is 110 cm³/mol. The number of carbonyl (C=O) groups excluding carboxylic acids is 1. The van der Waals surface area contributed by atoms with Gasteiger partial charge in [0.15, 0.2) is 5.13 Å². The van der Waals surface area contributed by atoms with Crippen LogP contribution in [0, 0.1) is 13.8 Å². The molecule has 0 fully saturated rings. The summed E-state index contributed by atoms with van der Waals surface area (Å²) < 4.78 is 1.87. The average Bonchev–Trinajstić information content (AvgIpc) is 3.15. The zero-order chi connectivity index (χ0) is 19.6. The third kappa shape index (κ3) is 4.74. The first-order valence-electron chi connectivity index (χ1n) is 8.52. The van der Waals surface area contributed by atoms with Gasteiger partial charge in [0.05, 0.1) is 17.9 Å². The Kier molecular flexibility index (Phi) is 5.94. The van der Waals surface area contributed by atoms with E-state index in [4.69, 9.17) is 11.6 Å². The largest absolute Gasteiger partial charge is 0.301 e. The topological polar surface area (TPSA) is 63.1 Å². The third-order valence-corrected chi connectivity index (χ3v) is 5.40. The number of benzene rings is 1. The number of rotatable bonds is 6. The zero-order valence-electron chi connectivity index (χ0n) is 15.8. The lowest BCUT2D eigenvalue weighted by atomic mass is 10.2. The number of hydrogen-bond donors (Lipinski definition) is 1. The maximum Gasteiger partial charge on any atom is 0.240 e. The molecule has 0 unspecified atom stereocenters. The third-order valence-electron chi connectivity index (χ3n) is 4.39. The van der Waals surface area contributed by atoms with Crippen molar-refractivity contribution in [2.45, 2.75) is 20.4 Å². The molecule has 0 atom stereocenters. The second-order valence-corrected chi connectivity index (χ2v) is 7.83. The Bertz CT molecular complexity index is 948. The number of aromatic nitrogens is 3. The molecule has 8 heteroatoms. The van der Waals surface area contributed by atoms with Gasteiger partial charge in [0.1, 0.15) is 0 Å². The van der Waals surface area contributed by atoms with Crippen LogP contribution in [-0.2, 0) is 18.4 Å². The molecule has 3 aromatic rings. The first kappa shape index (κ1) is 19.5. The van der Waals surface area contributed by atoms with Crippen LogP contribution in [0.25, 0.3) is 11.3 Å². The fourth-order valence-electron chi connectivity index (χ4n) is 2.86. The molecule has 0 spiro atoms. The van der Waals surface area contributed by atoms with E-state index in [0.29, 0.717) is 16.7 Å². The minimum atomic E-state index is -0.0892. The Hall–Kier alpha value is -2.22. The van der Waals surface area contributed by atoms with Gasteiger partial charge >= 0.3 is 0 Å². The van der Waals surface area contributed by atoms with Gasteiger partial charge in [0.2, 0.25) is 5.91 Å². The summed E-state index contributed by atoms with van der Waals surface area (Å²) in [7, 11) is 3.85. The number of nitrogens with one attached hydrogen (secondary N) is 1. The summed E-state index contributed by atoms with van der Waals surface area (Å²) in [6.07, 6.45) is 0. The number of likely N-dealkylation sites (N-methyl/N-ethyl adjacent to an activating group) is 1.